The second-order valence-electron chi connectivity index (χ2n) is 6.70. The molecule has 2 amide bonds. The van der Waals surface area contributed by atoms with Crippen molar-refractivity contribution in [1.29, 1.82) is 0 Å². The van der Waals surface area contributed by atoms with Gasteiger partial charge < -0.3 is 21.8 Å². The molecule has 6 heteroatoms. The minimum Gasteiger partial charge on any atom is -0.364 e. The molecule has 0 spiro atoms. The third-order valence-corrected chi connectivity index (χ3v) is 5.26. The van der Waals surface area contributed by atoms with Crippen LogP contribution in [-0.4, -0.2) is 22.8 Å². The number of nitrogens with two attached hydrogens (primary N) is 2. The highest BCUT2D eigenvalue weighted by Gasteiger charge is 2.58. The summed E-state index contributed by atoms with van der Waals surface area (Å²) in [4.78, 5) is 26.7. The summed E-state index contributed by atoms with van der Waals surface area (Å²) in [5.74, 6) is 0.415. The molecule has 4 unspecified atom stereocenters. The summed E-state index contributed by atoms with van der Waals surface area (Å²) in [6.45, 7) is 0. The molecule has 120 valence electrons. The zero-order valence-corrected chi connectivity index (χ0v) is 12.7. The van der Waals surface area contributed by atoms with E-state index in [4.69, 9.17) is 11.5 Å². The number of hydrogen-bond donors (Lipinski definition) is 4. The Labute approximate surface area is 133 Å². The first-order chi connectivity index (χ1) is 11.0. The molecule has 1 aromatic carbocycles. The number of benzene rings is 1. The predicted molar refractivity (Wildman–Crippen MR) is 87.7 cm³/mol. The average molecular weight is 312 g/mol. The molecule has 4 atom stereocenters. The normalized spacial score (nSPS) is 29.1. The van der Waals surface area contributed by atoms with E-state index in [-0.39, 0.29) is 17.9 Å². The molecule has 0 bridgehead atoms. The minimum atomic E-state index is -0.497. The van der Waals surface area contributed by atoms with Crippen molar-refractivity contribution in [2.45, 2.75) is 25.3 Å². The van der Waals surface area contributed by atoms with Crippen LogP contribution in [0.2, 0.25) is 0 Å². The lowest BCUT2D eigenvalue weighted by molar-refractivity contribution is -0.117. The Kier molecular flexibility index (Phi) is 3.16. The predicted octanol–water partition coefficient (Wildman–Crippen LogP) is 1.58. The number of carbonyl (C=O) groups excluding carboxylic acids is 2. The maximum Gasteiger partial charge on any atom is 0.265 e. The van der Waals surface area contributed by atoms with Crippen molar-refractivity contribution >= 4 is 28.4 Å². The number of H-pyrrole nitrogens is 1. The van der Waals surface area contributed by atoms with E-state index in [1.807, 2.05) is 18.2 Å². The minimum absolute atomic E-state index is 0.0515. The zero-order valence-electron chi connectivity index (χ0n) is 12.7. The smallest absolute Gasteiger partial charge is 0.265 e. The molecule has 2 aliphatic rings. The van der Waals surface area contributed by atoms with Gasteiger partial charge in [0.15, 0.2) is 0 Å². The lowest BCUT2D eigenvalue weighted by Gasteiger charge is -2.15. The first kappa shape index (κ1) is 14.3. The Morgan fingerprint density at radius 1 is 1.22 bits per heavy atom. The van der Waals surface area contributed by atoms with Gasteiger partial charge in [0.1, 0.15) is 5.69 Å². The van der Waals surface area contributed by atoms with Gasteiger partial charge in [-0.1, -0.05) is 6.42 Å². The number of carbonyl (C=O) groups is 2. The molecular formula is C17H20N4O2. The van der Waals surface area contributed by atoms with Crippen molar-refractivity contribution in [3.05, 3.63) is 30.0 Å². The molecule has 1 aromatic heterocycles. The Hall–Kier alpha value is -2.34. The van der Waals surface area contributed by atoms with Gasteiger partial charge >= 0.3 is 0 Å². The van der Waals surface area contributed by atoms with Gasteiger partial charge in [0, 0.05) is 28.6 Å². The van der Waals surface area contributed by atoms with E-state index in [1.165, 1.54) is 0 Å². The van der Waals surface area contributed by atoms with E-state index in [0.29, 0.717) is 17.5 Å². The van der Waals surface area contributed by atoms with Crippen LogP contribution in [0, 0.1) is 17.8 Å². The summed E-state index contributed by atoms with van der Waals surface area (Å²) in [6, 6.07) is 7.37. The summed E-state index contributed by atoms with van der Waals surface area (Å²) in [6.07, 6.45) is 3.25. The van der Waals surface area contributed by atoms with Crippen LogP contribution in [-0.2, 0) is 4.79 Å². The van der Waals surface area contributed by atoms with E-state index in [1.54, 1.807) is 6.07 Å². The number of aromatic amines is 1. The van der Waals surface area contributed by atoms with Crippen molar-refractivity contribution < 1.29 is 9.59 Å². The molecule has 2 saturated carbocycles. The first-order valence-corrected chi connectivity index (χ1v) is 8.03. The largest absolute Gasteiger partial charge is 0.364 e. The van der Waals surface area contributed by atoms with Gasteiger partial charge in [-0.2, -0.15) is 0 Å². The third kappa shape index (κ3) is 2.39. The van der Waals surface area contributed by atoms with Gasteiger partial charge in [-0.3, -0.25) is 9.59 Å². The second-order valence-corrected chi connectivity index (χ2v) is 6.70. The summed E-state index contributed by atoms with van der Waals surface area (Å²) >= 11 is 0. The van der Waals surface area contributed by atoms with E-state index in [0.717, 1.165) is 35.9 Å². The molecule has 23 heavy (non-hydrogen) atoms. The van der Waals surface area contributed by atoms with E-state index in [2.05, 4.69) is 10.3 Å². The third-order valence-electron chi connectivity index (χ3n) is 5.26. The highest BCUT2D eigenvalue weighted by atomic mass is 16.2. The first-order valence-electron chi connectivity index (χ1n) is 8.03. The quantitative estimate of drug-likeness (QED) is 0.689. The van der Waals surface area contributed by atoms with Crippen LogP contribution < -0.4 is 16.8 Å². The Morgan fingerprint density at radius 3 is 2.78 bits per heavy atom. The summed E-state index contributed by atoms with van der Waals surface area (Å²) in [5.41, 5.74) is 13.3. The van der Waals surface area contributed by atoms with Crippen molar-refractivity contribution in [3.8, 4) is 0 Å². The number of aromatic nitrogens is 1. The van der Waals surface area contributed by atoms with Gasteiger partial charge in [-0.15, -0.1) is 0 Å². The monoisotopic (exact) mass is 312 g/mol. The van der Waals surface area contributed by atoms with E-state index < -0.39 is 5.91 Å². The van der Waals surface area contributed by atoms with Crippen LogP contribution in [0.3, 0.4) is 0 Å². The number of primary amides is 1. The topological polar surface area (TPSA) is 114 Å². The summed E-state index contributed by atoms with van der Waals surface area (Å²) in [5, 5.41) is 3.84. The molecule has 2 aliphatic carbocycles. The SMILES string of the molecule is NC(=O)c1cc2cc(NC(=O)C3C4CCCC(N)C43)ccc2[nH]1. The summed E-state index contributed by atoms with van der Waals surface area (Å²) < 4.78 is 0. The van der Waals surface area contributed by atoms with Gasteiger partial charge in [0.05, 0.1) is 0 Å². The Morgan fingerprint density at radius 2 is 2.04 bits per heavy atom. The molecule has 4 rings (SSSR count). The van der Waals surface area contributed by atoms with Crippen LogP contribution in [0.5, 0.6) is 0 Å². The van der Waals surface area contributed by atoms with Gasteiger partial charge in [0.25, 0.3) is 5.91 Å². The van der Waals surface area contributed by atoms with Crippen molar-refractivity contribution in [2.75, 3.05) is 5.32 Å². The fourth-order valence-corrected chi connectivity index (χ4v) is 4.08. The van der Waals surface area contributed by atoms with E-state index in [9.17, 15) is 9.59 Å². The number of rotatable bonds is 3. The number of amides is 2. The molecule has 2 fully saturated rings. The van der Waals surface area contributed by atoms with Crippen LogP contribution in [0.25, 0.3) is 10.9 Å². The van der Waals surface area contributed by atoms with Crippen LogP contribution in [0.1, 0.15) is 29.8 Å². The Balaban J connectivity index is 1.51. The molecule has 2 aromatic rings. The molecule has 1 heterocycles. The lowest BCUT2D eigenvalue weighted by Crippen LogP contribution is -2.27. The molecule has 6 N–H and O–H groups in total. The highest BCUT2D eigenvalue weighted by Crippen LogP contribution is 2.55. The average Bonchev–Trinajstić information content (AvgIpc) is 3.10. The molecule has 0 aliphatic heterocycles. The zero-order chi connectivity index (χ0) is 16.1. The fourth-order valence-electron chi connectivity index (χ4n) is 4.08. The Bertz CT molecular complexity index is 797. The molecule has 0 saturated heterocycles. The van der Waals surface area contributed by atoms with E-state index >= 15 is 0 Å². The number of hydrogen-bond acceptors (Lipinski definition) is 3. The van der Waals surface area contributed by atoms with Crippen LogP contribution in [0.15, 0.2) is 24.3 Å². The van der Waals surface area contributed by atoms with Gasteiger partial charge in [-0.05, 0) is 48.9 Å². The van der Waals surface area contributed by atoms with Gasteiger partial charge in [-0.25, -0.2) is 0 Å². The van der Waals surface area contributed by atoms with Crippen molar-refractivity contribution in [2.24, 2.45) is 29.2 Å². The number of fused-ring (bicyclic) bond motifs is 2. The maximum atomic E-state index is 12.5. The maximum absolute atomic E-state index is 12.5. The number of nitrogens with one attached hydrogen (secondary N) is 2. The van der Waals surface area contributed by atoms with Crippen LogP contribution in [0.4, 0.5) is 5.69 Å². The molecule has 0 radical (unpaired) electrons. The lowest BCUT2D eigenvalue weighted by atomic mass is 9.96. The summed E-state index contributed by atoms with van der Waals surface area (Å²) in [7, 11) is 0. The number of anilines is 1. The fraction of sp³-hybridized carbons (Fsp3) is 0.412. The van der Waals surface area contributed by atoms with Gasteiger partial charge in [0.2, 0.25) is 5.91 Å². The van der Waals surface area contributed by atoms with Crippen LogP contribution >= 0.6 is 0 Å². The highest BCUT2D eigenvalue weighted by molar-refractivity contribution is 6.00. The van der Waals surface area contributed by atoms with Crippen molar-refractivity contribution in [1.82, 2.24) is 4.98 Å². The second kappa shape index (κ2) is 5.09. The molecular weight excluding hydrogens is 292 g/mol. The standard InChI is InChI=1S/C17H20N4O2/c18-11-3-1-2-10-14(11)15(10)17(23)20-9-4-5-12-8(6-9)7-13(21-12)16(19)22/h4-7,10-11,14-15,21H,1-3,18H2,(H2,19,22)(H,20,23). The molecule has 6 nitrogen and oxygen atoms in total. The van der Waals surface area contributed by atoms with Crippen molar-refractivity contribution in [3.63, 3.8) is 0 Å².